The summed E-state index contributed by atoms with van der Waals surface area (Å²) in [6, 6.07) is 6.24. The van der Waals surface area contributed by atoms with Gasteiger partial charge < -0.3 is 48.4 Å². The first-order valence-corrected chi connectivity index (χ1v) is 15.3. The summed E-state index contributed by atoms with van der Waals surface area (Å²) in [5.74, 6) is -1.68. The van der Waals surface area contributed by atoms with Crippen LogP contribution in [0.15, 0.2) is 51.5 Å². The Hall–Kier alpha value is -4.92. The molecule has 1 saturated heterocycles. The van der Waals surface area contributed by atoms with Gasteiger partial charge in [-0.05, 0) is 72.7 Å². The molecule has 5 rings (SSSR count). The van der Waals surface area contributed by atoms with E-state index < -0.39 is 59.1 Å². The van der Waals surface area contributed by atoms with Gasteiger partial charge in [-0.25, -0.2) is 14.6 Å². The number of anilines is 1. The van der Waals surface area contributed by atoms with Gasteiger partial charge in [0.2, 0.25) is 6.29 Å². The number of aliphatic hydroxyl groups is 1. The first-order valence-electron chi connectivity index (χ1n) is 15.3. The number of imidazole rings is 1. The maximum Gasteiger partial charge on any atom is 0.364 e. The summed E-state index contributed by atoms with van der Waals surface area (Å²) >= 11 is 0. The van der Waals surface area contributed by atoms with Gasteiger partial charge in [0, 0.05) is 24.9 Å². The van der Waals surface area contributed by atoms with Gasteiger partial charge in [0.15, 0.2) is 23.6 Å². The second-order valence-corrected chi connectivity index (χ2v) is 12.5. The topological polar surface area (TPSA) is 187 Å². The van der Waals surface area contributed by atoms with Crippen molar-refractivity contribution in [2.24, 2.45) is 0 Å². The third-order valence-electron chi connectivity index (χ3n) is 8.23. The lowest BCUT2D eigenvalue weighted by atomic mass is 9.89. The second kappa shape index (κ2) is 13.3. The third kappa shape index (κ3) is 6.59. The number of aromatic hydroxyl groups is 1. The summed E-state index contributed by atoms with van der Waals surface area (Å²) in [6.45, 7) is 12.7. The molecule has 0 unspecified atom stereocenters. The molecule has 1 amide bonds. The Balaban J connectivity index is 1.42. The first-order chi connectivity index (χ1) is 22.6. The van der Waals surface area contributed by atoms with Gasteiger partial charge in [0.05, 0.1) is 23.0 Å². The second-order valence-electron chi connectivity index (χ2n) is 12.5. The fraction of sp³-hybridized carbons (Fsp3) is 0.412. The van der Waals surface area contributed by atoms with E-state index in [0.717, 1.165) is 11.3 Å². The lowest BCUT2D eigenvalue weighted by Crippen LogP contribution is -2.65. The molecular weight excluding hydrogens is 624 g/mol. The Morgan fingerprint density at radius 1 is 1.17 bits per heavy atom. The van der Waals surface area contributed by atoms with Crippen LogP contribution in [0.4, 0.5) is 5.69 Å². The molecule has 1 aliphatic heterocycles. The fourth-order valence-corrected chi connectivity index (χ4v) is 5.72. The summed E-state index contributed by atoms with van der Waals surface area (Å²) in [6.07, 6.45) is -1.43. The number of nitrogens with one attached hydrogen (secondary N) is 2. The molecule has 48 heavy (non-hydrogen) atoms. The number of aryl methyl sites for hydroxylation is 3. The average Bonchev–Trinajstić information content (AvgIpc) is 3.63. The molecule has 1 aliphatic rings. The molecule has 0 aliphatic carbocycles. The average molecular weight is 665 g/mol. The van der Waals surface area contributed by atoms with E-state index in [1.165, 1.54) is 25.6 Å². The minimum atomic E-state index is -1.50. The van der Waals surface area contributed by atoms with Crippen LogP contribution in [-0.4, -0.2) is 73.9 Å². The van der Waals surface area contributed by atoms with Crippen LogP contribution >= 0.6 is 0 Å². The van der Waals surface area contributed by atoms with Gasteiger partial charge in [-0.2, -0.15) is 0 Å². The molecule has 256 valence electrons. The summed E-state index contributed by atoms with van der Waals surface area (Å²) in [4.78, 5) is 46.4. The molecule has 14 heteroatoms. The minimum Gasteiger partial charge on any atom is -0.505 e. The lowest BCUT2D eigenvalue weighted by molar-refractivity contribution is -0.305. The maximum atomic E-state index is 13.3. The number of amides is 1. The zero-order chi connectivity index (χ0) is 35.1. The van der Waals surface area contributed by atoms with Gasteiger partial charge in [-0.15, -0.1) is 0 Å². The van der Waals surface area contributed by atoms with E-state index in [9.17, 15) is 24.6 Å². The van der Waals surface area contributed by atoms with Crippen molar-refractivity contribution in [2.45, 2.75) is 85.2 Å². The van der Waals surface area contributed by atoms with Crippen LogP contribution < -0.4 is 15.7 Å². The van der Waals surface area contributed by atoms with Crippen molar-refractivity contribution < 1.29 is 43.2 Å². The van der Waals surface area contributed by atoms with Crippen LogP contribution in [0.2, 0.25) is 0 Å². The predicted molar refractivity (Wildman–Crippen MR) is 174 cm³/mol. The van der Waals surface area contributed by atoms with E-state index in [0.29, 0.717) is 17.8 Å². The monoisotopic (exact) mass is 664 g/mol. The molecule has 1 fully saturated rings. The number of nitrogens with zero attached hydrogens (tertiary/aromatic N) is 2. The summed E-state index contributed by atoms with van der Waals surface area (Å²) < 4.78 is 30.7. The molecule has 4 heterocycles. The molecule has 4 atom stereocenters. The molecule has 0 saturated carbocycles. The van der Waals surface area contributed by atoms with Gasteiger partial charge in [-0.3, -0.25) is 4.79 Å². The smallest absolute Gasteiger partial charge is 0.364 e. The third-order valence-corrected chi connectivity index (χ3v) is 8.23. The summed E-state index contributed by atoms with van der Waals surface area (Å²) in [7, 11) is 1.42. The number of aliphatic hydroxyl groups excluding tert-OH is 1. The molecule has 0 bridgehead atoms. The SMILES string of the molecule is CO[C@@H]1[C@@H](OC(=O)c2ccc(C)[nH]2)[C@@H](O)[C@H](Oc2ccc3c(O)c(NC(=O)c4c(C)ncn4CC=C(C)C)c(=O)oc3c2C)OC1(C)C. The minimum absolute atomic E-state index is 0.0119. The van der Waals surface area contributed by atoms with Gasteiger partial charge in [0.1, 0.15) is 28.8 Å². The molecular formula is C34H40N4O10. The first kappa shape index (κ1) is 34.4. The molecule has 3 aromatic heterocycles. The number of esters is 1. The van der Waals surface area contributed by atoms with Gasteiger partial charge in [-0.1, -0.05) is 11.6 Å². The van der Waals surface area contributed by atoms with E-state index in [-0.39, 0.29) is 28.1 Å². The Labute approximate surface area is 276 Å². The normalized spacial score (nSPS) is 20.4. The molecule has 14 nitrogen and oxygen atoms in total. The number of aromatic nitrogens is 3. The highest BCUT2D eigenvalue weighted by Gasteiger charge is 2.53. The number of allylic oxidation sites excluding steroid dienone is 2. The number of carbonyl (C=O) groups is 2. The highest BCUT2D eigenvalue weighted by molar-refractivity contribution is 6.06. The Morgan fingerprint density at radius 3 is 2.54 bits per heavy atom. The number of ether oxygens (including phenoxy) is 4. The Bertz CT molecular complexity index is 1950. The van der Waals surface area contributed by atoms with Crippen molar-refractivity contribution in [2.75, 3.05) is 12.4 Å². The number of fused-ring (bicyclic) bond motifs is 1. The van der Waals surface area contributed by atoms with Gasteiger partial charge in [0.25, 0.3) is 5.91 Å². The molecule has 0 spiro atoms. The van der Waals surface area contributed by atoms with Crippen molar-refractivity contribution in [1.82, 2.24) is 14.5 Å². The van der Waals surface area contributed by atoms with Crippen molar-refractivity contribution in [1.29, 1.82) is 0 Å². The van der Waals surface area contributed by atoms with Crippen molar-refractivity contribution in [3.8, 4) is 11.5 Å². The van der Waals surface area contributed by atoms with Crippen LogP contribution in [0, 0.1) is 20.8 Å². The number of carbonyl (C=O) groups excluding carboxylic acids is 2. The standard InChI is InChI=1S/C34H40N4O10/c1-16(2)13-14-38-15-35-19(5)24(38)30(41)37-23-25(39)20-10-12-22(18(4)27(20)46-32(23)43)45-33-26(40)28(29(44-8)34(6,7)48-33)47-31(42)21-11-9-17(3)36-21/h9-13,15,26,28-29,33,36,39-40H,14H2,1-8H3,(H,37,41)/t26-,28+,29-,33-/m1/s1. The van der Waals surface area contributed by atoms with E-state index in [1.807, 2.05) is 19.9 Å². The van der Waals surface area contributed by atoms with Crippen molar-refractivity contribution in [3.63, 3.8) is 0 Å². The quantitative estimate of drug-likeness (QED) is 0.114. The zero-order valence-corrected chi connectivity index (χ0v) is 28.0. The van der Waals surface area contributed by atoms with Crippen LogP contribution in [0.3, 0.4) is 0 Å². The summed E-state index contributed by atoms with van der Waals surface area (Å²) in [5, 5.41) is 25.1. The lowest BCUT2D eigenvalue weighted by Gasteiger charge is -2.47. The number of aromatic amines is 1. The molecule has 1 aromatic carbocycles. The largest absolute Gasteiger partial charge is 0.505 e. The fourth-order valence-electron chi connectivity index (χ4n) is 5.72. The molecule has 4 N–H and O–H groups in total. The Kier molecular flexibility index (Phi) is 9.53. The summed E-state index contributed by atoms with van der Waals surface area (Å²) in [5.41, 5.74) is 0.459. The Morgan fingerprint density at radius 2 is 1.90 bits per heavy atom. The van der Waals surface area contributed by atoms with E-state index in [2.05, 4.69) is 15.3 Å². The van der Waals surface area contributed by atoms with Crippen LogP contribution in [-0.2, 0) is 20.8 Å². The maximum absolute atomic E-state index is 13.3. The number of hydrogen-bond acceptors (Lipinski definition) is 11. The molecule has 0 radical (unpaired) electrons. The number of H-pyrrole nitrogens is 1. The number of rotatable bonds is 9. The number of benzene rings is 1. The number of methoxy groups -OCH3 is 1. The highest BCUT2D eigenvalue weighted by atomic mass is 16.7. The zero-order valence-electron chi connectivity index (χ0n) is 28.0. The van der Waals surface area contributed by atoms with Crippen LogP contribution in [0.25, 0.3) is 11.0 Å². The van der Waals surface area contributed by atoms with E-state index in [4.69, 9.17) is 23.4 Å². The van der Waals surface area contributed by atoms with Crippen LogP contribution in [0.5, 0.6) is 11.5 Å². The van der Waals surface area contributed by atoms with E-state index in [1.54, 1.807) is 51.3 Å². The van der Waals surface area contributed by atoms with E-state index >= 15 is 0 Å². The van der Waals surface area contributed by atoms with Crippen molar-refractivity contribution >= 4 is 28.5 Å². The number of hydrogen-bond donors (Lipinski definition) is 4. The molecule has 4 aromatic rings. The highest BCUT2D eigenvalue weighted by Crippen LogP contribution is 2.38. The van der Waals surface area contributed by atoms with Gasteiger partial charge >= 0.3 is 11.6 Å². The van der Waals surface area contributed by atoms with Crippen molar-refractivity contribution in [3.05, 3.63) is 81.0 Å². The van der Waals surface area contributed by atoms with Crippen LogP contribution in [0.1, 0.15) is 65.6 Å². The predicted octanol–water partition coefficient (Wildman–Crippen LogP) is 4.28.